The maximum absolute atomic E-state index is 4.99. The lowest BCUT2D eigenvalue weighted by atomic mass is 10.2. The van der Waals surface area contributed by atoms with Gasteiger partial charge in [0.05, 0.1) is 12.1 Å². The van der Waals surface area contributed by atoms with Crippen molar-refractivity contribution in [1.82, 2.24) is 9.69 Å². The van der Waals surface area contributed by atoms with Gasteiger partial charge in [0.1, 0.15) is 5.00 Å². The molecule has 4 nitrogen and oxygen atoms in total. The van der Waals surface area contributed by atoms with E-state index in [1.165, 1.54) is 10.4 Å². The second kappa shape index (κ2) is 6.68. The van der Waals surface area contributed by atoms with E-state index in [4.69, 9.17) is 4.74 Å². The Hall–Kier alpha value is -1.17. The second-order valence-corrected chi connectivity index (χ2v) is 4.92. The zero-order valence-electron chi connectivity index (χ0n) is 10.8. The van der Waals surface area contributed by atoms with Crippen molar-refractivity contribution in [1.29, 1.82) is 0 Å². The van der Waals surface area contributed by atoms with Crippen LogP contribution in [-0.2, 0) is 4.74 Å². The van der Waals surface area contributed by atoms with Gasteiger partial charge in [0.15, 0.2) is 0 Å². The molecule has 0 saturated carbocycles. The Bertz CT molecular complexity index is 486. The number of nitrogens with one attached hydrogen (secondary N) is 1. The van der Waals surface area contributed by atoms with Crippen LogP contribution in [0.25, 0.3) is 10.9 Å². The van der Waals surface area contributed by atoms with Crippen LogP contribution in [-0.4, -0.2) is 44.8 Å². The molecule has 0 bridgehead atoms. The highest BCUT2D eigenvalue weighted by Crippen LogP contribution is 2.29. The van der Waals surface area contributed by atoms with Gasteiger partial charge < -0.3 is 15.0 Å². The van der Waals surface area contributed by atoms with Gasteiger partial charge >= 0.3 is 0 Å². The molecule has 1 aromatic carbocycles. The number of fused-ring (bicyclic) bond motifs is 1. The molecule has 0 atom stereocenters. The highest BCUT2D eigenvalue weighted by molar-refractivity contribution is 7.11. The summed E-state index contributed by atoms with van der Waals surface area (Å²) in [6.45, 7) is 3.57. The van der Waals surface area contributed by atoms with Gasteiger partial charge in [0, 0.05) is 39.2 Å². The minimum Gasteiger partial charge on any atom is -0.383 e. The first-order chi connectivity index (χ1) is 8.83. The monoisotopic (exact) mass is 265 g/mol. The molecule has 0 unspecified atom stereocenters. The fourth-order valence-corrected chi connectivity index (χ4v) is 2.64. The summed E-state index contributed by atoms with van der Waals surface area (Å²) < 4.78 is 9.45. The lowest BCUT2D eigenvalue weighted by Crippen LogP contribution is -2.30. The summed E-state index contributed by atoms with van der Waals surface area (Å²) in [7, 11) is 3.83. The van der Waals surface area contributed by atoms with Crippen LogP contribution >= 0.6 is 11.5 Å². The van der Waals surface area contributed by atoms with Crippen LogP contribution in [0.2, 0.25) is 0 Å². The van der Waals surface area contributed by atoms with Crippen molar-refractivity contribution in [2.45, 2.75) is 0 Å². The fraction of sp³-hybridized carbons (Fsp3) is 0.462. The maximum atomic E-state index is 4.99. The summed E-state index contributed by atoms with van der Waals surface area (Å²) in [4.78, 5) is 2.25. The predicted octanol–water partition coefficient (Wildman–Crippen LogP) is 1.97. The number of anilines is 1. The van der Waals surface area contributed by atoms with Crippen LogP contribution in [0.1, 0.15) is 0 Å². The number of benzene rings is 1. The Labute approximate surface area is 112 Å². The van der Waals surface area contributed by atoms with E-state index < -0.39 is 0 Å². The molecule has 1 N–H and O–H groups in total. The predicted molar refractivity (Wildman–Crippen MR) is 77.6 cm³/mol. The summed E-state index contributed by atoms with van der Waals surface area (Å²) in [5.74, 6) is 0. The summed E-state index contributed by atoms with van der Waals surface area (Å²) in [6, 6.07) is 8.27. The van der Waals surface area contributed by atoms with Crippen LogP contribution in [0.3, 0.4) is 0 Å². The summed E-state index contributed by atoms with van der Waals surface area (Å²) in [6.07, 6.45) is 0. The van der Waals surface area contributed by atoms with E-state index in [0.717, 1.165) is 31.8 Å². The van der Waals surface area contributed by atoms with Gasteiger partial charge in [-0.05, 0) is 23.7 Å². The lowest BCUT2D eigenvalue weighted by Gasteiger charge is -2.17. The number of likely N-dealkylation sites (N-methyl/N-ethyl adjacent to an activating group) is 1. The Morgan fingerprint density at radius 2 is 2.17 bits per heavy atom. The SMILES string of the molecule is COCCNCCN(C)c1snc2ccccc12. The molecule has 1 aromatic heterocycles. The van der Waals surface area contributed by atoms with Crippen LogP contribution in [0.15, 0.2) is 24.3 Å². The molecule has 98 valence electrons. The molecular formula is C13H19N3OS. The largest absolute Gasteiger partial charge is 0.383 e. The average Bonchev–Trinajstić information content (AvgIpc) is 2.82. The van der Waals surface area contributed by atoms with Gasteiger partial charge in [0.25, 0.3) is 0 Å². The molecule has 0 amide bonds. The minimum atomic E-state index is 0.757. The Morgan fingerprint density at radius 3 is 3.00 bits per heavy atom. The van der Waals surface area contributed by atoms with E-state index >= 15 is 0 Å². The van der Waals surface area contributed by atoms with Crippen LogP contribution in [0, 0.1) is 0 Å². The highest BCUT2D eigenvalue weighted by Gasteiger charge is 2.09. The number of rotatable bonds is 7. The first kappa shape index (κ1) is 13.3. The number of ether oxygens (including phenoxy) is 1. The molecule has 0 aliphatic rings. The molecule has 18 heavy (non-hydrogen) atoms. The zero-order chi connectivity index (χ0) is 12.8. The lowest BCUT2D eigenvalue weighted by molar-refractivity contribution is 0.200. The van der Waals surface area contributed by atoms with Gasteiger partial charge in [-0.25, -0.2) is 0 Å². The van der Waals surface area contributed by atoms with Crippen LogP contribution in [0.4, 0.5) is 5.00 Å². The van der Waals surface area contributed by atoms with Gasteiger partial charge in [-0.1, -0.05) is 12.1 Å². The minimum absolute atomic E-state index is 0.757. The fourth-order valence-electron chi connectivity index (χ4n) is 1.80. The standard InChI is InChI=1S/C13H19N3OS/c1-16(9-7-14-8-10-17-2)13-11-5-3-4-6-12(11)15-18-13/h3-6,14H,7-10H2,1-2H3. The van der Waals surface area contributed by atoms with E-state index in [0.29, 0.717) is 0 Å². The highest BCUT2D eigenvalue weighted by atomic mass is 32.1. The smallest absolute Gasteiger partial charge is 0.119 e. The van der Waals surface area contributed by atoms with Crippen molar-refractivity contribution in [3.05, 3.63) is 24.3 Å². The van der Waals surface area contributed by atoms with E-state index in [9.17, 15) is 0 Å². The second-order valence-electron chi connectivity index (χ2n) is 4.17. The molecule has 2 rings (SSSR count). The number of methoxy groups -OCH3 is 1. The third kappa shape index (κ3) is 3.19. The van der Waals surface area contributed by atoms with Crippen molar-refractivity contribution in [2.75, 3.05) is 45.3 Å². The molecule has 1 heterocycles. The maximum Gasteiger partial charge on any atom is 0.119 e. The number of hydrogen-bond donors (Lipinski definition) is 1. The molecule has 0 aliphatic carbocycles. The quantitative estimate of drug-likeness (QED) is 0.777. The Morgan fingerprint density at radius 1 is 1.33 bits per heavy atom. The number of hydrogen-bond acceptors (Lipinski definition) is 5. The molecule has 2 aromatic rings. The molecule has 5 heteroatoms. The number of nitrogens with zero attached hydrogens (tertiary/aromatic N) is 2. The number of aromatic nitrogens is 1. The average molecular weight is 265 g/mol. The summed E-state index contributed by atoms with van der Waals surface area (Å²) in [5, 5.41) is 5.82. The Balaban J connectivity index is 1.90. The van der Waals surface area contributed by atoms with Crippen LogP contribution < -0.4 is 10.2 Å². The van der Waals surface area contributed by atoms with E-state index in [-0.39, 0.29) is 0 Å². The van der Waals surface area contributed by atoms with Gasteiger partial charge in [-0.2, -0.15) is 4.37 Å². The topological polar surface area (TPSA) is 37.4 Å². The van der Waals surface area contributed by atoms with E-state index in [1.807, 2.05) is 6.07 Å². The Kier molecular flexibility index (Phi) is 4.92. The zero-order valence-corrected chi connectivity index (χ0v) is 11.7. The molecule has 0 radical (unpaired) electrons. The van der Waals surface area contributed by atoms with E-state index in [2.05, 4.69) is 39.8 Å². The van der Waals surface area contributed by atoms with Crippen molar-refractivity contribution < 1.29 is 4.74 Å². The van der Waals surface area contributed by atoms with Crippen molar-refractivity contribution in [3.63, 3.8) is 0 Å². The van der Waals surface area contributed by atoms with Gasteiger partial charge in [-0.3, -0.25) is 0 Å². The third-order valence-electron chi connectivity index (χ3n) is 2.82. The summed E-state index contributed by atoms with van der Waals surface area (Å²) in [5.41, 5.74) is 1.08. The van der Waals surface area contributed by atoms with E-state index in [1.54, 1.807) is 18.6 Å². The molecule has 0 saturated heterocycles. The van der Waals surface area contributed by atoms with Gasteiger partial charge in [0.2, 0.25) is 0 Å². The normalized spacial score (nSPS) is 11.0. The van der Waals surface area contributed by atoms with Crippen LogP contribution in [0.5, 0.6) is 0 Å². The van der Waals surface area contributed by atoms with Crippen molar-refractivity contribution >= 4 is 27.4 Å². The third-order valence-corrected chi connectivity index (χ3v) is 3.81. The van der Waals surface area contributed by atoms with Crippen molar-refractivity contribution in [3.8, 4) is 0 Å². The molecular weight excluding hydrogens is 246 g/mol. The molecule has 0 spiro atoms. The summed E-state index contributed by atoms with van der Waals surface area (Å²) >= 11 is 1.56. The molecule has 0 fully saturated rings. The first-order valence-corrected chi connectivity index (χ1v) is 6.85. The van der Waals surface area contributed by atoms with Gasteiger partial charge in [-0.15, -0.1) is 0 Å². The molecule has 0 aliphatic heterocycles. The van der Waals surface area contributed by atoms with Crippen molar-refractivity contribution in [2.24, 2.45) is 0 Å². The first-order valence-electron chi connectivity index (χ1n) is 6.08.